The lowest BCUT2D eigenvalue weighted by molar-refractivity contribution is 0.417. The fourth-order valence-electron chi connectivity index (χ4n) is 2.42. The van der Waals surface area contributed by atoms with E-state index in [4.69, 9.17) is 0 Å². The van der Waals surface area contributed by atoms with Gasteiger partial charge in [0.1, 0.15) is 0 Å². The van der Waals surface area contributed by atoms with Gasteiger partial charge < -0.3 is 4.90 Å². The molecule has 16 heavy (non-hydrogen) atoms. The Labute approximate surface area is 111 Å². The fraction of sp³-hybridized carbons (Fsp3) is 0.917. The Balaban J connectivity index is 1.86. The van der Waals surface area contributed by atoms with Gasteiger partial charge in [0.15, 0.2) is 5.17 Å². The van der Waals surface area contributed by atoms with Crippen LogP contribution in [0.3, 0.4) is 0 Å². The lowest BCUT2D eigenvalue weighted by Gasteiger charge is -2.22. The van der Waals surface area contributed by atoms with E-state index in [9.17, 15) is 0 Å². The smallest absolute Gasteiger partial charge is 0.159 e. The third-order valence-corrected chi connectivity index (χ3v) is 6.03. The maximum Gasteiger partial charge on any atom is 0.159 e. The molecule has 2 atom stereocenters. The van der Waals surface area contributed by atoms with Gasteiger partial charge in [-0.05, 0) is 25.2 Å². The third kappa shape index (κ3) is 3.16. The molecule has 2 rings (SSSR count). The van der Waals surface area contributed by atoms with Crippen LogP contribution >= 0.6 is 27.7 Å². The maximum atomic E-state index is 4.68. The molecule has 0 N–H and O–H groups in total. The van der Waals surface area contributed by atoms with Crippen LogP contribution in [0.5, 0.6) is 0 Å². The minimum atomic E-state index is 0.667. The zero-order chi connectivity index (χ0) is 11.4. The Morgan fingerprint density at radius 1 is 1.44 bits per heavy atom. The Kier molecular flexibility index (Phi) is 5.01. The first-order valence-electron chi connectivity index (χ1n) is 6.35. The number of nitrogens with zero attached hydrogens (tertiary/aromatic N) is 2. The first-order chi connectivity index (χ1) is 7.83. The summed E-state index contributed by atoms with van der Waals surface area (Å²) in [4.78, 5) is 7.20. The number of alkyl halides is 1. The van der Waals surface area contributed by atoms with Crippen LogP contribution in [0.25, 0.3) is 0 Å². The Morgan fingerprint density at radius 2 is 2.31 bits per heavy atom. The second-order valence-corrected chi connectivity index (χ2v) is 6.62. The quantitative estimate of drug-likeness (QED) is 0.727. The molecule has 0 saturated carbocycles. The number of likely N-dealkylation sites (tertiary alicyclic amines) is 1. The zero-order valence-electron chi connectivity index (χ0n) is 9.99. The van der Waals surface area contributed by atoms with Crippen molar-refractivity contribution in [2.75, 3.05) is 25.0 Å². The second-order valence-electron chi connectivity index (χ2n) is 4.71. The highest BCUT2D eigenvalue weighted by atomic mass is 79.9. The molecule has 0 aliphatic carbocycles. The standard InChI is InChI=1S/C12H21BrN2S/c1-2-10-4-3-6-15(7-5-10)12-14-9-11(8-13)16-12/h10-11H,2-9H2,1H3. The van der Waals surface area contributed by atoms with Gasteiger partial charge in [-0.15, -0.1) is 0 Å². The van der Waals surface area contributed by atoms with Crippen molar-refractivity contribution >= 4 is 32.9 Å². The highest BCUT2D eigenvalue weighted by molar-refractivity contribution is 9.09. The molecular formula is C12H21BrN2S. The largest absolute Gasteiger partial charge is 0.351 e. The van der Waals surface area contributed by atoms with Gasteiger partial charge in [-0.1, -0.05) is 41.0 Å². The molecule has 2 unspecified atom stereocenters. The summed E-state index contributed by atoms with van der Waals surface area (Å²) in [5.74, 6) is 0.948. The van der Waals surface area contributed by atoms with Gasteiger partial charge in [-0.3, -0.25) is 4.99 Å². The van der Waals surface area contributed by atoms with E-state index < -0.39 is 0 Å². The molecule has 1 fully saturated rings. The van der Waals surface area contributed by atoms with Gasteiger partial charge >= 0.3 is 0 Å². The van der Waals surface area contributed by atoms with Gasteiger partial charge in [0.2, 0.25) is 0 Å². The van der Waals surface area contributed by atoms with Gasteiger partial charge in [-0.25, -0.2) is 0 Å². The molecule has 2 aliphatic rings. The number of amidine groups is 1. The summed E-state index contributed by atoms with van der Waals surface area (Å²) in [6.07, 6.45) is 5.45. The average Bonchev–Trinajstić information content (AvgIpc) is 2.67. The molecular weight excluding hydrogens is 284 g/mol. The Hall–Kier alpha value is 0.300. The summed E-state index contributed by atoms with van der Waals surface area (Å²) in [5, 5.41) is 3.04. The van der Waals surface area contributed by atoms with E-state index in [1.807, 2.05) is 11.8 Å². The third-order valence-electron chi connectivity index (χ3n) is 3.57. The number of thioether (sulfide) groups is 1. The van der Waals surface area contributed by atoms with E-state index in [-0.39, 0.29) is 0 Å². The summed E-state index contributed by atoms with van der Waals surface area (Å²) in [6.45, 7) is 5.76. The molecule has 0 radical (unpaired) electrons. The molecule has 2 heterocycles. The normalized spacial score (nSPS) is 31.4. The lowest BCUT2D eigenvalue weighted by Crippen LogP contribution is -2.29. The Bertz CT molecular complexity index is 257. The molecule has 2 aliphatic heterocycles. The van der Waals surface area contributed by atoms with E-state index in [1.54, 1.807) is 0 Å². The van der Waals surface area contributed by atoms with Crippen molar-refractivity contribution in [3.8, 4) is 0 Å². The highest BCUT2D eigenvalue weighted by Gasteiger charge is 2.25. The van der Waals surface area contributed by atoms with Gasteiger partial charge in [-0.2, -0.15) is 0 Å². The van der Waals surface area contributed by atoms with Crippen LogP contribution in [-0.2, 0) is 0 Å². The number of aliphatic imine (C=N–C) groups is 1. The second kappa shape index (κ2) is 6.29. The molecule has 0 bridgehead atoms. The summed E-state index contributed by atoms with van der Waals surface area (Å²) >= 11 is 5.52. The van der Waals surface area contributed by atoms with Gasteiger partial charge in [0, 0.05) is 23.7 Å². The predicted octanol–water partition coefficient (Wildman–Crippen LogP) is 3.36. The summed E-state index contributed by atoms with van der Waals surface area (Å²) in [7, 11) is 0. The van der Waals surface area contributed by atoms with Crippen molar-refractivity contribution in [1.82, 2.24) is 4.90 Å². The SMILES string of the molecule is CCC1CCCN(C2=NCC(CBr)S2)CC1. The van der Waals surface area contributed by atoms with E-state index in [1.165, 1.54) is 43.9 Å². The molecule has 0 aromatic heterocycles. The highest BCUT2D eigenvalue weighted by Crippen LogP contribution is 2.28. The molecule has 4 heteroatoms. The predicted molar refractivity (Wildman–Crippen MR) is 76.7 cm³/mol. The fourth-order valence-corrected chi connectivity index (χ4v) is 4.02. The lowest BCUT2D eigenvalue weighted by atomic mass is 9.98. The molecule has 0 spiro atoms. The monoisotopic (exact) mass is 304 g/mol. The van der Waals surface area contributed by atoms with E-state index >= 15 is 0 Å². The van der Waals surface area contributed by atoms with Crippen LogP contribution in [0.4, 0.5) is 0 Å². The minimum absolute atomic E-state index is 0.667. The summed E-state index contributed by atoms with van der Waals surface area (Å²) in [5.41, 5.74) is 0. The molecule has 0 amide bonds. The number of hydrogen-bond donors (Lipinski definition) is 0. The van der Waals surface area contributed by atoms with Crippen molar-refractivity contribution in [3.63, 3.8) is 0 Å². The average molecular weight is 305 g/mol. The Morgan fingerprint density at radius 3 is 3.00 bits per heavy atom. The molecule has 1 saturated heterocycles. The molecule has 2 nitrogen and oxygen atoms in total. The minimum Gasteiger partial charge on any atom is -0.351 e. The van der Waals surface area contributed by atoms with E-state index in [0.29, 0.717) is 5.25 Å². The maximum absolute atomic E-state index is 4.68. The molecule has 92 valence electrons. The van der Waals surface area contributed by atoms with Crippen LogP contribution in [-0.4, -0.2) is 40.3 Å². The van der Waals surface area contributed by atoms with Crippen molar-refractivity contribution in [3.05, 3.63) is 0 Å². The topological polar surface area (TPSA) is 15.6 Å². The van der Waals surface area contributed by atoms with Crippen molar-refractivity contribution in [1.29, 1.82) is 0 Å². The summed E-state index contributed by atoms with van der Waals surface area (Å²) in [6, 6.07) is 0. The first-order valence-corrected chi connectivity index (χ1v) is 8.35. The van der Waals surface area contributed by atoms with Gasteiger partial charge in [0.25, 0.3) is 0 Å². The zero-order valence-corrected chi connectivity index (χ0v) is 12.4. The van der Waals surface area contributed by atoms with Crippen LogP contribution in [0.1, 0.15) is 32.6 Å². The van der Waals surface area contributed by atoms with Crippen molar-refractivity contribution in [2.45, 2.75) is 37.9 Å². The van der Waals surface area contributed by atoms with Crippen LogP contribution in [0.2, 0.25) is 0 Å². The molecule has 0 aromatic rings. The van der Waals surface area contributed by atoms with Crippen LogP contribution in [0, 0.1) is 5.92 Å². The number of hydrogen-bond acceptors (Lipinski definition) is 3. The van der Waals surface area contributed by atoms with Crippen LogP contribution < -0.4 is 0 Å². The molecule has 0 aromatic carbocycles. The van der Waals surface area contributed by atoms with Gasteiger partial charge in [0.05, 0.1) is 6.54 Å². The van der Waals surface area contributed by atoms with Crippen LogP contribution in [0.15, 0.2) is 4.99 Å². The first kappa shape index (κ1) is 12.7. The number of halogens is 1. The van der Waals surface area contributed by atoms with Crippen molar-refractivity contribution in [2.24, 2.45) is 10.9 Å². The van der Waals surface area contributed by atoms with E-state index in [2.05, 4.69) is 32.7 Å². The number of rotatable bonds is 2. The summed E-state index contributed by atoms with van der Waals surface area (Å²) < 4.78 is 0. The van der Waals surface area contributed by atoms with E-state index in [0.717, 1.165) is 17.8 Å². The van der Waals surface area contributed by atoms with Crippen molar-refractivity contribution < 1.29 is 0 Å².